The summed E-state index contributed by atoms with van der Waals surface area (Å²) < 4.78 is 7.36. The number of rotatable bonds is 4. The van der Waals surface area contributed by atoms with Crippen LogP contribution < -0.4 is 0 Å². The molecule has 0 aliphatic carbocycles. The number of nitrogens with zero attached hydrogens (tertiary/aromatic N) is 5. The van der Waals surface area contributed by atoms with Crippen LogP contribution in [0.1, 0.15) is 61.1 Å². The normalized spacial score (nSPS) is 18.2. The van der Waals surface area contributed by atoms with Crippen molar-refractivity contribution in [3.05, 3.63) is 53.3 Å². The van der Waals surface area contributed by atoms with Crippen LogP contribution in [0.5, 0.6) is 0 Å². The first-order chi connectivity index (χ1) is 16.2. The highest BCUT2D eigenvalue weighted by molar-refractivity contribution is 5.95. The zero-order valence-corrected chi connectivity index (χ0v) is 20.9. The smallest absolute Gasteiger partial charge is 0.410 e. The molecular formula is C26H37N5O3. The topological polar surface area (TPSA) is 70.9 Å². The minimum Gasteiger partial charge on any atom is -0.444 e. The van der Waals surface area contributed by atoms with Crippen LogP contribution in [0.25, 0.3) is 0 Å². The summed E-state index contributed by atoms with van der Waals surface area (Å²) in [5, 5.41) is 4.43. The highest BCUT2D eigenvalue weighted by Gasteiger charge is 2.33. The molecule has 2 fully saturated rings. The molecule has 2 aromatic rings. The Morgan fingerprint density at radius 3 is 2.24 bits per heavy atom. The second kappa shape index (κ2) is 10.2. The average molecular weight is 468 g/mol. The Bertz CT molecular complexity index is 982. The van der Waals surface area contributed by atoms with Crippen molar-refractivity contribution in [1.82, 2.24) is 24.5 Å². The van der Waals surface area contributed by atoms with Gasteiger partial charge < -0.3 is 14.5 Å². The number of carbonyl (C=O) groups excluding carboxylic acids is 2. The molecule has 2 aliphatic rings. The highest BCUT2D eigenvalue weighted by Crippen LogP contribution is 2.31. The number of ether oxygens (including phenoxy) is 1. The van der Waals surface area contributed by atoms with Gasteiger partial charge in [-0.3, -0.25) is 14.4 Å². The molecule has 2 aliphatic heterocycles. The number of aromatic nitrogens is 2. The van der Waals surface area contributed by atoms with Crippen molar-refractivity contribution in [2.45, 2.75) is 51.7 Å². The Morgan fingerprint density at radius 1 is 0.971 bits per heavy atom. The van der Waals surface area contributed by atoms with E-state index in [4.69, 9.17) is 4.74 Å². The molecule has 0 N–H and O–H groups in total. The van der Waals surface area contributed by atoms with Gasteiger partial charge in [-0.2, -0.15) is 5.10 Å². The fourth-order valence-corrected chi connectivity index (χ4v) is 4.88. The monoisotopic (exact) mass is 467 g/mol. The molecule has 184 valence electrons. The van der Waals surface area contributed by atoms with Crippen molar-refractivity contribution < 1.29 is 14.3 Å². The van der Waals surface area contributed by atoms with Crippen LogP contribution in [-0.2, 0) is 18.3 Å². The minimum atomic E-state index is -0.499. The highest BCUT2D eigenvalue weighted by atomic mass is 16.6. The van der Waals surface area contributed by atoms with Gasteiger partial charge in [0.1, 0.15) is 5.60 Å². The van der Waals surface area contributed by atoms with Crippen LogP contribution in [0.4, 0.5) is 4.79 Å². The third-order valence-electron chi connectivity index (χ3n) is 6.66. The molecule has 8 heteroatoms. The number of benzene rings is 1. The number of amides is 2. The van der Waals surface area contributed by atoms with Crippen LogP contribution in [0.2, 0.25) is 0 Å². The molecule has 0 saturated carbocycles. The molecule has 1 aromatic heterocycles. The lowest BCUT2D eigenvalue weighted by Gasteiger charge is -2.36. The van der Waals surface area contributed by atoms with Crippen molar-refractivity contribution in [3.63, 3.8) is 0 Å². The molecule has 2 amide bonds. The first-order valence-corrected chi connectivity index (χ1v) is 12.3. The van der Waals surface area contributed by atoms with E-state index in [-0.39, 0.29) is 17.9 Å². The van der Waals surface area contributed by atoms with Crippen molar-refractivity contribution in [1.29, 1.82) is 0 Å². The third kappa shape index (κ3) is 5.78. The molecule has 8 nitrogen and oxygen atoms in total. The van der Waals surface area contributed by atoms with Gasteiger partial charge >= 0.3 is 6.09 Å². The van der Waals surface area contributed by atoms with Crippen LogP contribution >= 0.6 is 0 Å². The summed E-state index contributed by atoms with van der Waals surface area (Å²) in [6, 6.07) is 10.5. The van der Waals surface area contributed by atoms with E-state index in [1.165, 1.54) is 5.56 Å². The predicted octanol–water partition coefficient (Wildman–Crippen LogP) is 3.49. The van der Waals surface area contributed by atoms with Crippen molar-refractivity contribution >= 4 is 12.0 Å². The van der Waals surface area contributed by atoms with Gasteiger partial charge in [0.2, 0.25) is 0 Å². The van der Waals surface area contributed by atoms with Crippen molar-refractivity contribution in [2.24, 2.45) is 7.05 Å². The molecule has 4 rings (SSSR count). The van der Waals surface area contributed by atoms with Gasteiger partial charge in [-0.25, -0.2) is 4.79 Å². The Labute approximate surface area is 202 Å². The Morgan fingerprint density at radius 2 is 1.62 bits per heavy atom. The molecule has 2 saturated heterocycles. The Hall–Kier alpha value is -2.87. The Kier molecular flexibility index (Phi) is 7.26. The molecule has 0 spiro atoms. The molecule has 1 aromatic carbocycles. The quantitative estimate of drug-likeness (QED) is 0.688. The second-order valence-corrected chi connectivity index (χ2v) is 10.4. The number of carbonyl (C=O) groups is 2. The van der Waals surface area contributed by atoms with E-state index >= 15 is 0 Å². The first-order valence-electron chi connectivity index (χ1n) is 12.3. The molecule has 3 heterocycles. The summed E-state index contributed by atoms with van der Waals surface area (Å²) in [6.45, 7) is 11.0. The number of likely N-dealkylation sites (tertiary alicyclic amines) is 1. The van der Waals surface area contributed by atoms with Crippen LogP contribution in [0, 0.1) is 0 Å². The van der Waals surface area contributed by atoms with E-state index in [0.717, 1.165) is 51.3 Å². The number of hydrogen-bond donors (Lipinski definition) is 0. The zero-order valence-electron chi connectivity index (χ0n) is 20.9. The maximum absolute atomic E-state index is 13.4. The lowest BCUT2D eigenvalue weighted by Crippen LogP contribution is -2.48. The van der Waals surface area contributed by atoms with E-state index in [0.29, 0.717) is 18.7 Å². The summed E-state index contributed by atoms with van der Waals surface area (Å²) in [5.41, 5.74) is 2.49. The predicted molar refractivity (Wildman–Crippen MR) is 131 cm³/mol. The minimum absolute atomic E-state index is 0.0667. The van der Waals surface area contributed by atoms with Gasteiger partial charge in [-0.1, -0.05) is 30.3 Å². The average Bonchev–Trinajstić information content (AvgIpc) is 3.20. The largest absolute Gasteiger partial charge is 0.444 e. The maximum Gasteiger partial charge on any atom is 0.410 e. The molecule has 34 heavy (non-hydrogen) atoms. The SMILES string of the molecule is Cn1ncc(C(=O)N2CCN(Cc3ccccc3)CC2)c1C1CCN(C(=O)OC(C)(C)C)CC1. The van der Waals surface area contributed by atoms with Gasteiger partial charge in [0.25, 0.3) is 5.91 Å². The lowest BCUT2D eigenvalue weighted by molar-refractivity contribution is 0.0202. The number of piperazine rings is 1. The van der Waals surface area contributed by atoms with Crippen LogP contribution in [0.15, 0.2) is 36.5 Å². The van der Waals surface area contributed by atoms with Gasteiger partial charge in [0.15, 0.2) is 0 Å². The van der Waals surface area contributed by atoms with Crippen LogP contribution in [-0.4, -0.2) is 81.4 Å². The molecule has 0 bridgehead atoms. The van der Waals surface area contributed by atoms with Crippen molar-refractivity contribution in [2.75, 3.05) is 39.3 Å². The standard InChI is InChI=1S/C26H37N5O3/c1-26(2,3)34-25(33)31-12-10-21(11-13-31)23-22(18-27-28(23)4)24(32)30-16-14-29(15-17-30)19-20-8-6-5-7-9-20/h5-9,18,21H,10-17,19H2,1-4H3. The van der Waals surface area contributed by atoms with Gasteiger partial charge in [-0.15, -0.1) is 0 Å². The summed E-state index contributed by atoms with van der Waals surface area (Å²) in [5.74, 6) is 0.265. The zero-order chi connectivity index (χ0) is 24.3. The van der Waals surface area contributed by atoms with Crippen LogP contribution in [0.3, 0.4) is 0 Å². The maximum atomic E-state index is 13.4. The second-order valence-electron chi connectivity index (χ2n) is 10.4. The van der Waals surface area contributed by atoms with E-state index in [1.807, 2.05) is 43.5 Å². The molecule has 0 radical (unpaired) electrons. The summed E-state index contributed by atoms with van der Waals surface area (Å²) in [7, 11) is 1.91. The number of piperidine rings is 1. The van der Waals surface area contributed by atoms with E-state index < -0.39 is 5.60 Å². The summed E-state index contributed by atoms with van der Waals surface area (Å²) in [4.78, 5) is 32.0. The van der Waals surface area contributed by atoms with Crippen molar-refractivity contribution in [3.8, 4) is 0 Å². The van der Waals surface area contributed by atoms with Gasteiger partial charge in [0, 0.05) is 58.8 Å². The lowest BCUT2D eigenvalue weighted by atomic mass is 9.91. The molecular weight excluding hydrogens is 430 g/mol. The third-order valence-corrected chi connectivity index (χ3v) is 6.66. The fourth-order valence-electron chi connectivity index (χ4n) is 4.88. The van der Waals surface area contributed by atoms with Gasteiger partial charge in [-0.05, 0) is 39.2 Å². The Balaban J connectivity index is 1.35. The number of aryl methyl sites for hydroxylation is 1. The fraction of sp³-hybridized carbons (Fsp3) is 0.577. The molecule has 0 atom stereocenters. The van der Waals surface area contributed by atoms with E-state index in [1.54, 1.807) is 11.1 Å². The summed E-state index contributed by atoms with van der Waals surface area (Å²) in [6.07, 6.45) is 3.04. The van der Waals surface area contributed by atoms with E-state index in [2.05, 4.69) is 34.3 Å². The summed E-state index contributed by atoms with van der Waals surface area (Å²) >= 11 is 0. The molecule has 0 unspecified atom stereocenters. The first kappa shape index (κ1) is 24.3. The van der Waals surface area contributed by atoms with E-state index in [9.17, 15) is 9.59 Å². The van der Waals surface area contributed by atoms with Gasteiger partial charge in [0.05, 0.1) is 17.5 Å². The number of hydrogen-bond acceptors (Lipinski definition) is 5.